The predicted octanol–water partition coefficient (Wildman–Crippen LogP) is 10.0. The Morgan fingerprint density at radius 1 is 0.457 bits per heavy atom. The molecule has 0 aliphatic heterocycles. The van der Waals surface area contributed by atoms with Gasteiger partial charge in [0.05, 0.1) is 0 Å². The Labute approximate surface area is 205 Å². The molecular weight excluding hydrogens is 420 g/mol. The fourth-order valence-corrected chi connectivity index (χ4v) is 5.98. The second-order valence-electron chi connectivity index (χ2n) is 9.45. The number of allylic oxidation sites excluding steroid dienone is 1. The molecule has 6 aromatic carbocycles. The molecule has 0 radical (unpaired) electrons. The summed E-state index contributed by atoms with van der Waals surface area (Å²) in [5.41, 5.74) is 12.8. The number of hydrogen-bond donors (Lipinski definition) is 0. The summed E-state index contributed by atoms with van der Waals surface area (Å²) >= 11 is 0. The molecule has 0 saturated carbocycles. The van der Waals surface area contributed by atoms with E-state index in [0.29, 0.717) is 0 Å². The minimum Gasteiger partial charge on any atom is -0.0955 e. The lowest BCUT2D eigenvalue weighted by Crippen LogP contribution is -1.93. The van der Waals surface area contributed by atoms with E-state index >= 15 is 0 Å². The number of benzene rings is 6. The highest BCUT2D eigenvalue weighted by atomic mass is 14.3. The normalized spacial score (nSPS) is 11.7. The molecule has 0 amide bonds. The lowest BCUT2D eigenvalue weighted by molar-refractivity contribution is 1.62. The molecule has 0 spiro atoms. The second-order valence-corrected chi connectivity index (χ2v) is 9.45. The first-order valence-electron chi connectivity index (χ1n) is 12.2. The Morgan fingerprint density at radius 3 is 1.49 bits per heavy atom. The van der Waals surface area contributed by atoms with Gasteiger partial charge >= 0.3 is 0 Å². The van der Waals surface area contributed by atoms with Gasteiger partial charge in [-0.25, -0.2) is 0 Å². The molecule has 0 nitrogen and oxygen atoms in total. The summed E-state index contributed by atoms with van der Waals surface area (Å²) in [6.07, 6.45) is 0. The smallest absolute Gasteiger partial charge is 0.000741 e. The van der Waals surface area contributed by atoms with E-state index in [9.17, 15) is 0 Å². The van der Waals surface area contributed by atoms with Crippen LogP contribution in [-0.4, -0.2) is 0 Å². The maximum Gasteiger partial charge on any atom is -0.000741 e. The van der Waals surface area contributed by atoms with Gasteiger partial charge in [0, 0.05) is 0 Å². The highest BCUT2D eigenvalue weighted by molar-refractivity contribution is 6.28. The van der Waals surface area contributed by atoms with Gasteiger partial charge in [-0.05, 0) is 78.5 Å². The highest BCUT2D eigenvalue weighted by Crippen LogP contribution is 2.58. The van der Waals surface area contributed by atoms with Crippen LogP contribution in [0.2, 0.25) is 0 Å². The van der Waals surface area contributed by atoms with Crippen molar-refractivity contribution in [2.75, 3.05) is 0 Å². The average Bonchev–Trinajstić information content (AvgIpc) is 3.23. The van der Waals surface area contributed by atoms with Gasteiger partial charge in [-0.1, -0.05) is 127 Å². The zero-order valence-electron chi connectivity index (χ0n) is 19.7. The van der Waals surface area contributed by atoms with Crippen LogP contribution in [0.5, 0.6) is 0 Å². The van der Waals surface area contributed by atoms with E-state index in [-0.39, 0.29) is 0 Å². The van der Waals surface area contributed by atoms with Crippen LogP contribution in [0.1, 0.15) is 12.5 Å². The van der Waals surface area contributed by atoms with Crippen molar-refractivity contribution in [1.82, 2.24) is 0 Å². The van der Waals surface area contributed by atoms with Crippen LogP contribution in [0, 0.1) is 0 Å². The van der Waals surface area contributed by atoms with Crippen LogP contribution >= 0.6 is 0 Å². The largest absolute Gasteiger partial charge is 0.0955 e. The van der Waals surface area contributed by atoms with Crippen molar-refractivity contribution in [1.29, 1.82) is 0 Å². The fourth-order valence-electron chi connectivity index (χ4n) is 5.98. The molecule has 0 unspecified atom stereocenters. The van der Waals surface area contributed by atoms with Crippen LogP contribution in [0.15, 0.2) is 122 Å². The minimum absolute atomic E-state index is 1.10. The molecule has 0 fully saturated rings. The van der Waals surface area contributed by atoms with E-state index < -0.39 is 0 Å². The molecule has 0 saturated heterocycles. The molecule has 0 aromatic heterocycles. The van der Waals surface area contributed by atoms with Crippen molar-refractivity contribution in [3.8, 4) is 44.5 Å². The standard InChI is InChI=1S/C35H24/c1-22(2)25-20-21-30-33-26(25)18-11-19-29(33)34-31(23-12-5-3-6-13-23)27-16-9-10-17-28(27)32(35(30)34)24-14-7-4-8-15-24/h3-21H,1H2,2H3. The summed E-state index contributed by atoms with van der Waals surface area (Å²) in [5.74, 6) is 0. The van der Waals surface area contributed by atoms with E-state index in [1.807, 2.05) is 0 Å². The summed E-state index contributed by atoms with van der Waals surface area (Å²) < 4.78 is 0. The molecule has 7 rings (SSSR count). The van der Waals surface area contributed by atoms with Crippen LogP contribution in [0.3, 0.4) is 0 Å². The molecule has 0 heteroatoms. The number of hydrogen-bond acceptors (Lipinski definition) is 0. The molecule has 0 atom stereocenters. The number of rotatable bonds is 3. The molecular formula is C35H24. The molecule has 6 aromatic rings. The van der Waals surface area contributed by atoms with Crippen molar-refractivity contribution in [2.24, 2.45) is 0 Å². The lowest BCUT2D eigenvalue weighted by atomic mass is 9.82. The SMILES string of the molecule is C=C(C)c1ccc2c3c(cccc13)-c1c-2c(-c2ccccc2)c2ccccc2c1-c1ccccc1. The molecule has 35 heavy (non-hydrogen) atoms. The minimum atomic E-state index is 1.10. The number of fused-ring (bicyclic) bond motifs is 4. The summed E-state index contributed by atoms with van der Waals surface area (Å²) in [6.45, 7) is 6.38. The van der Waals surface area contributed by atoms with E-state index in [4.69, 9.17) is 0 Å². The highest BCUT2D eigenvalue weighted by Gasteiger charge is 2.30. The van der Waals surface area contributed by atoms with E-state index in [1.165, 1.54) is 71.6 Å². The van der Waals surface area contributed by atoms with Gasteiger partial charge in [-0.2, -0.15) is 0 Å². The third kappa shape index (κ3) is 2.80. The van der Waals surface area contributed by atoms with Crippen molar-refractivity contribution in [3.63, 3.8) is 0 Å². The zero-order valence-corrected chi connectivity index (χ0v) is 19.7. The average molecular weight is 445 g/mol. The first kappa shape index (κ1) is 20.0. The zero-order chi connectivity index (χ0) is 23.5. The first-order chi connectivity index (χ1) is 17.2. The maximum atomic E-state index is 4.28. The van der Waals surface area contributed by atoms with Gasteiger partial charge < -0.3 is 0 Å². The molecule has 164 valence electrons. The predicted molar refractivity (Wildman–Crippen MR) is 151 cm³/mol. The second kappa shape index (κ2) is 7.55. The third-order valence-electron chi connectivity index (χ3n) is 7.38. The Balaban J connectivity index is 1.76. The van der Waals surface area contributed by atoms with Crippen LogP contribution in [0.25, 0.3) is 71.6 Å². The summed E-state index contributed by atoms with van der Waals surface area (Å²) in [6, 6.07) is 42.0. The molecule has 1 aliphatic carbocycles. The van der Waals surface area contributed by atoms with Crippen molar-refractivity contribution in [2.45, 2.75) is 6.92 Å². The summed E-state index contributed by atoms with van der Waals surface area (Å²) in [7, 11) is 0. The summed E-state index contributed by atoms with van der Waals surface area (Å²) in [5, 5.41) is 5.21. The van der Waals surface area contributed by atoms with Crippen molar-refractivity contribution in [3.05, 3.63) is 127 Å². The molecule has 0 bridgehead atoms. The maximum absolute atomic E-state index is 4.28. The van der Waals surface area contributed by atoms with E-state index in [2.05, 4.69) is 129 Å². The van der Waals surface area contributed by atoms with Crippen molar-refractivity contribution >= 4 is 27.1 Å². The Bertz CT molecular complexity index is 1700. The fraction of sp³-hybridized carbons (Fsp3) is 0.0286. The first-order valence-corrected chi connectivity index (χ1v) is 12.2. The van der Waals surface area contributed by atoms with Gasteiger partial charge in [0.1, 0.15) is 0 Å². The molecule has 1 aliphatic rings. The van der Waals surface area contributed by atoms with E-state index in [0.717, 1.165) is 5.57 Å². The van der Waals surface area contributed by atoms with Gasteiger partial charge in [0.25, 0.3) is 0 Å². The summed E-state index contributed by atoms with van der Waals surface area (Å²) in [4.78, 5) is 0. The van der Waals surface area contributed by atoms with Gasteiger partial charge in [0.15, 0.2) is 0 Å². The topological polar surface area (TPSA) is 0 Å². The Morgan fingerprint density at radius 2 is 0.943 bits per heavy atom. The molecule has 0 heterocycles. The van der Waals surface area contributed by atoms with Crippen molar-refractivity contribution < 1.29 is 0 Å². The molecule has 0 N–H and O–H groups in total. The van der Waals surface area contributed by atoms with Gasteiger partial charge in [0.2, 0.25) is 0 Å². The quantitative estimate of drug-likeness (QED) is 0.254. The van der Waals surface area contributed by atoms with Crippen LogP contribution in [0.4, 0.5) is 0 Å². The van der Waals surface area contributed by atoms with Crippen LogP contribution < -0.4 is 0 Å². The Kier molecular flexibility index (Phi) is 4.31. The van der Waals surface area contributed by atoms with Gasteiger partial charge in [-0.3, -0.25) is 0 Å². The van der Waals surface area contributed by atoms with Gasteiger partial charge in [-0.15, -0.1) is 0 Å². The van der Waals surface area contributed by atoms with E-state index in [1.54, 1.807) is 0 Å². The lowest BCUT2D eigenvalue weighted by Gasteiger charge is -2.20. The Hall–Kier alpha value is -4.42. The van der Waals surface area contributed by atoms with Crippen LogP contribution in [-0.2, 0) is 0 Å². The monoisotopic (exact) mass is 444 g/mol. The third-order valence-corrected chi connectivity index (χ3v) is 7.38.